The summed E-state index contributed by atoms with van der Waals surface area (Å²) in [6.45, 7) is 3.79. The van der Waals surface area contributed by atoms with Crippen molar-refractivity contribution in [2.45, 2.75) is 49.0 Å². The molecule has 1 saturated heterocycles. The first kappa shape index (κ1) is 21.4. The average molecular weight is 453 g/mol. The molecule has 10 heteroatoms. The molecule has 0 amide bonds. The SMILES string of the molecule is CC1CCCCN1c1cc(Sc2ncccn2)nc(NC(=S)NCc2cccnc2)n1. The molecule has 1 unspecified atom stereocenters. The van der Waals surface area contributed by atoms with Gasteiger partial charge in [-0.05, 0) is 67.9 Å². The average Bonchev–Trinajstić information content (AvgIpc) is 2.79. The largest absolute Gasteiger partial charge is 0.358 e. The van der Waals surface area contributed by atoms with Crippen LogP contribution in [-0.4, -0.2) is 42.6 Å². The van der Waals surface area contributed by atoms with E-state index >= 15 is 0 Å². The standard InChI is InChI=1S/C21H24N8S2/c1-15-6-2-3-11-29(15)17-12-18(31-21-23-9-5-10-24-21)27-19(26-17)28-20(30)25-14-16-7-4-8-22-13-16/h4-5,7-10,12-13,15H,2-3,6,11,14H2,1H3,(H2,25,26,27,28,30). The molecule has 4 rings (SSSR count). The van der Waals surface area contributed by atoms with Crippen LogP contribution >= 0.6 is 24.0 Å². The summed E-state index contributed by atoms with van der Waals surface area (Å²) in [6.07, 6.45) is 10.6. The molecular formula is C21H24N8S2. The number of nitrogens with one attached hydrogen (secondary N) is 2. The molecule has 0 aromatic carbocycles. The first-order chi connectivity index (χ1) is 15.2. The van der Waals surface area contributed by atoms with Gasteiger partial charge in [-0.1, -0.05) is 6.07 Å². The third kappa shape index (κ3) is 6.08. The predicted octanol–water partition coefficient (Wildman–Crippen LogP) is 3.68. The van der Waals surface area contributed by atoms with Gasteiger partial charge in [0.25, 0.3) is 0 Å². The fourth-order valence-corrected chi connectivity index (χ4v) is 4.24. The number of piperidine rings is 1. The number of nitrogens with zero attached hydrogens (tertiary/aromatic N) is 6. The van der Waals surface area contributed by atoms with Gasteiger partial charge in [0.2, 0.25) is 5.95 Å². The Morgan fingerprint density at radius 2 is 2.06 bits per heavy atom. The van der Waals surface area contributed by atoms with Crippen LogP contribution in [0.25, 0.3) is 0 Å². The third-order valence-corrected chi connectivity index (χ3v) is 5.98. The normalized spacial score (nSPS) is 16.0. The highest BCUT2D eigenvalue weighted by molar-refractivity contribution is 7.99. The smallest absolute Gasteiger partial charge is 0.232 e. The zero-order valence-electron chi connectivity index (χ0n) is 17.2. The summed E-state index contributed by atoms with van der Waals surface area (Å²) in [5.74, 6) is 1.34. The summed E-state index contributed by atoms with van der Waals surface area (Å²) in [5.41, 5.74) is 1.04. The van der Waals surface area contributed by atoms with E-state index in [0.717, 1.165) is 35.8 Å². The Morgan fingerprint density at radius 3 is 2.84 bits per heavy atom. The van der Waals surface area contributed by atoms with Gasteiger partial charge in [0, 0.05) is 50.0 Å². The molecule has 3 aromatic rings. The minimum atomic E-state index is 0.429. The second-order valence-corrected chi connectivity index (χ2v) is 8.62. The van der Waals surface area contributed by atoms with Gasteiger partial charge in [-0.15, -0.1) is 0 Å². The number of hydrogen-bond donors (Lipinski definition) is 2. The zero-order valence-corrected chi connectivity index (χ0v) is 18.9. The molecule has 0 spiro atoms. The first-order valence-corrected chi connectivity index (χ1v) is 11.4. The summed E-state index contributed by atoms with van der Waals surface area (Å²) in [6, 6.07) is 8.11. The van der Waals surface area contributed by atoms with Gasteiger partial charge >= 0.3 is 0 Å². The summed E-state index contributed by atoms with van der Waals surface area (Å²) in [5, 5.41) is 8.18. The Morgan fingerprint density at radius 1 is 1.19 bits per heavy atom. The van der Waals surface area contributed by atoms with Crippen LogP contribution in [0.15, 0.2) is 59.2 Å². The van der Waals surface area contributed by atoms with E-state index in [1.807, 2.05) is 18.2 Å². The third-order valence-electron chi connectivity index (χ3n) is 4.93. The highest BCUT2D eigenvalue weighted by Crippen LogP contribution is 2.29. The summed E-state index contributed by atoms with van der Waals surface area (Å²) in [7, 11) is 0. The molecule has 4 heterocycles. The van der Waals surface area contributed by atoms with Crippen LogP contribution in [0.4, 0.5) is 11.8 Å². The molecular weight excluding hydrogens is 428 g/mol. The molecule has 3 aromatic heterocycles. The Bertz CT molecular complexity index is 1000. The number of aromatic nitrogens is 5. The van der Waals surface area contributed by atoms with Gasteiger partial charge in [0.15, 0.2) is 10.3 Å². The topological polar surface area (TPSA) is 91.8 Å². The van der Waals surface area contributed by atoms with Crippen molar-refractivity contribution in [1.82, 2.24) is 30.2 Å². The maximum atomic E-state index is 5.46. The lowest BCUT2D eigenvalue weighted by atomic mass is 10.0. The summed E-state index contributed by atoms with van der Waals surface area (Å²) in [4.78, 5) is 24.4. The fraction of sp³-hybridized carbons (Fsp3) is 0.333. The van der Waals surface area contributed by atoms with E-state index in [1.165, 1.54) is 18.2 Å². The van der Waals surface area contributed by atoms with Crippen molar-refractivity contribution in [3.63, 3.8) is 0 Å². The molecule has 1 atom stereocenters. The number of pyridine rings is 1. The van der Waals surface area contributed by atoms with Crippen LogP contribution in [-0.2, 0) is 6.54 Å². The van der Waals surface area contributed by atoms with Gasteiger partial charge in [-0.25, -0.2) is 15.0 Å². The molecule has 2 N–H and O–H groups in total. The molecule has 160 valence electrons. The van der Waals surface area contributed by atoms with E-state index in [9.17, 15) is 0 Å². The van der Waals surface area contributed by atoms with Gasteiger partial charge in [0.1, 0.15) is 10.8 Å². The zero-order chi connectivity index (χ0) is 21.5. The van der Waals surface area contributed by atoms with Crippen LogP contribution in [0.1, 0.15) is 31.7 Å². The maximum absolute atomic E-state index is 5.46. The van der Waals surface area contributed by atoms with Gasteiger partial charge in [-0.2, -0.15) is 4.98 Å². The maximum Gasteiger partial charge on any atom is 0.232 e. The lowest BCUT2D eigenvalue weighted by molar-refractivity contribution is 0.480. The molecule has 8 nitrogen and oxygen atoms in total. The highest BCUT2D eigenvalue weighted by Gasteiger charge is 2.21. The van der Waals surface area contributed by atoms with Crippen LogP contribution in [0.5, 0.6) is 0 Å². The van der Waals surface area contributed by atoms with E-state index in [2.05, 4.69) is 42.4 Å². The molecule has 1 aliphatic rings. The second kappa shape index (κ2) is 10.5. The van der Waals surface area contributed by atoms with Crippen molar-refractivity contribution < 1.29 is 0 Å². The lowest BCUT2D eigenvalue weighted by Gasteiger charge is -2.34. The fourth-order valence-electron chi connectivity index (χ4n) is 3.37. The molecule has 0 radical (unpaired) electrons. The number of anilines is 2. The Balaban J connectivity index is 1.52. The molecule has 0 bridgehead atoms. The lowest BCUT2D eigenvalue weighted by Crippen LogP contribution is -2.38. The summed E-state index contributed by atoms with van der Waals surface area (Å²) < 4.78 is 0. The Labute approximate surface area is 191 Å². The van der Waals surface area contributed by atoms with Crippen molar-refractivity contribution in [3.05, 3.63) is 54.6 Å². The van der Waals surface area contributed by atoms with Crippen LogP contribution < -0.4 is 15.5 Å². The van der Waals surface area contributed by atoms with Crippen molar-refractivity contribution in [2.75, 3.05) is 16.8 Å². The summed E-state index contributed by atoms with van der Waals surface area (Å²) >= 11 is 6.87. The minimum absolute atomic E-state index is 0.429. The number of thiocarbonyl (C=S) groups is 1. The van der Waals surface area contributed by atoms with Crippen molar-refractivity contribution in [1.29, 1.82) is 0 Å². The second-order valence-electron chi connectivity index (χ2n) is 7.23. The Kier molecular flexibility index (Phi) is 7.21. The van der Waals surface area contributed by atoms with Crippen LogP contribution in [0.2, 0.25) is 0 Å². The monoisotopic (exact) mass is 452 g/mol. The molecule has 31 heavy (non-hydrogen) atoms. The molecule has 0 aliphatic carbocycles. The minimum Gasteiger partial charge on any atom is -0.358 e. The van der Waals surface area contributed by atoms with E-state index < -0.39 is 0 Å². The number of hydrogen-bond acceptors (Lipinski definition) is 8. The first-order valence-electron chi connectivity index (χ1n) is 10.2. The molecule has 1 aliphatic heterocycles. The quantitative estimate of drug-likeness (QED) is 0.328. The van der Waals surface area contributed by atoms with E-state index in [4.69, 9.17) is 17.2 Å². The van der Waals surface area contributed by atoms with E-state index in [0.29, 0.717) is 28.8 Å². The van der Waals surface area contributed by atoms with Crippen molar-refractivity contribution in [3.8, 4) is 0 Å². The van der Waals surface area contributed by atoms with Gasteiger partial charge in [-0.3, -0.25) is 4.98 Å². The molecule has 1 fully saturated rings. The van der Waals surface area contributed by atoms with E-state index in [-0.39, 0.29) is 0 Å². The number of rotatable bonds is 6. The highest BCUT2D eigenvalue weighted by atomic mass is 32.2. The van der Waals surface area contributed by atoms with Crippen molar-refractivity contribution in [2.24, 2.45) is 0 Å². The van der Waals surface area contributed by atoms with Crippen LogP contribution in [0, 0.1) is 0 Å². The van der Waals surface area contributed by atoms with E-state index in [1.54, 1.807) is 30.9 Å². The van der Waals surface area contributed by atoms with Crippen molar-refractivity contribution >= 4 is 40.9 Å². The van der Waals surface area contributed by atoms with Gasteiger partial charge < -0.3 is 15.5 Å². The Hall–Kier alpha value is -2.85. The molecule has 0 saturated carbocycles. The van der Waals surface area contributed by atoms with Crippen LogP contribution in [0.3, 0.4) is 0 Å². The van der Waals surface area contributed by atoms with Gasteiger partial charge in [0.05, 0.1) is 0 Å². The predicted molar refractivity (Wildman–Crippen MR) is 126 cm³/mol.